The second-order valence-corrected chi connectivity index (χ2v) is 12.1. The van der Waals surface area contributed by atoms with Crippen molar-refractivity contribution in [2.24, 2.45) is 22.7 Å². The lowest BCUT2D eigenvalue weighted by atomic mass is 9.81. The fraction of sp³-hybridized carbons (Fsp3) is 0.371. The molecule has 228 valence electrons. The molecule has 0 spiro atoms. The van der Waals surface area contributed by atoms with Gasteiger partial charge < -0.3 is 25.1 Å². The van der Waals surface area contributed by atoms with Crippen molar-refractivity contribution in [1.82, 2.24) is 15.3 Å². The van der Waals surface area contributed by atoms with Gasteiger partial charge in [0, 0.05) is 62.7 Å². The van der Waals surface area contributed by atoms with Gasteiger partial charge in [0.2, 0.25) is 0 Å². The molecule has 0 saturated heterocycles. The first-order valence-corrected chi connectivity index (χ1v) is 15.1. The quantitative estimate of drug-likeness (QED) is 0.298. The Balaban J connectivity index is 1.70. The van der Waals surface area contributed by atoms with Crippen molar-refractivity contribution in [2.45, 2.75) is 59.9 Å². The summed E-state index contributed by atoms with van der Waals surface area (Å²) in [7, 11) is 1.28. The number of ketones is 1. The van der Waals surface area contributed by atoms with E-state index in [9.17, 15) is 19.5 Å². The molecule has 0 radical (unpaired) electrons. The summed E-state index contributed by atoms with van der Waals surface area (Å²) in [5.41, 5.74) is 9.82. The third-order valence-corrected chi connectivity index (χ3v) is 9.82. The average molecular weight is 595 g/mol. The third kappa shape index (κ3) is 4.36. The lowest BCUT2D eigenvalue weighted by Gasteiger charge is -2.22. The zero-order chi connectivity index (χ0) is 31.6. The Hall–Kier alpha value is -4.66. The number of aliphatic carboxylic acids is 1. The molecule has 2 aromatic heterocycles. The van der Waals surface area contributed by atoms with Crippen LogP contribution >= 0.6 is 0 Å². The van der Waals surface area contributed by atoms with Crippen molar-refractivity contribution in [3.05, 3.63) is 79.0 Å². The number of hydrogen-bond acceptors (Lipinski definition) is 6. The summed E-state index contributed by atoms with van der Waals surface area (Å²) in [4.78, 5) is 51.2. The molecule has 0 aromatic carbocycles. The number of hydrogen-bond donors (Lipinski definition) is 4. The summed E-state index contributed by atoms with van der Waals surface area (Å²) in [6, 6.07) is -0.295. The second-order valence-electron chi connectivity index (χ2n) is 12.1. The summed E-state index contributed by atoms with van der Waals surface area (Å²) >= 11 is 0. The van der Waals surface area contributed by atoms with Gasteiger partial charge in [-0.3, -0.25) is 19.4 Å². The number of fused-ring (bicyclic) bond motifs is 7. The van der Waals surface area contributed by atoms with E-state index in [1.807, 2.05) is 32.9 Å². The number of nitrogens with one attached hydrogen (secondary N) is 3. The van der Waals surface area contributed by atoms with E-state index in [0.717, 1.165) is 56.5 Å². The number of aliphatic imine (C=N–C) groups is 1. The number of carbonyl (C=O) groups is 3. The lowest BCUT2D eigenvalue weighted by Crippen LogP contribution is -2.32. The topological polar surface area (TPSA) is 137 Å². The summed E-state index contributed by atoms with van der Waals surface area (Å²) in [6.45, 7) is 14.3. The third-order valence-electron chi connectivity index (χ3n) is 9.82. The Labute approximate surface area is 255 Å². The molecular weight excluding hydrogens is 556 g/mol. The molecule has 9 heteroatoms. The molecule has 0 fully saturated rings. The lowest BCUT2D eigenvalue weighted by molar-refractivity contribution is -0.146. The van der Waals surface area contributed by atoms with Crippen LogP contribution < -0.4 is 16.0 Å². The predicted molar refractivity (Wildman–Crippen MR) is 170 cm³/mol. The molecule has 0 amide bonds. The highest BCUT2D eigenvalue weighted by Gasteiger charge is 2.51. The van der Waals surface area contributed by atoms with Gasteiger partial charge in [-0.25, -0.2) is 0 Å². The smallest absolute Gasteiger partial charge is 0.321 e. The van der Waals surface area contributed by atoms with Gasteiger partial charge in [0.15, 0.2) is 5.78 Å². The highest BCUT2D eigenvalue weighted by atomic mass is 16.5. The Morgan fingerprint density at radius 3 is 2.52 bits per heavy atom. The maximum atomic E-state index is 14.0. The number of rotatable bonds is 6. The van der Waals surface area contributed by atoms with Crippen LogP contribution in [-0.4, -0.2) is 51.7 Å². The molecule has 4 N–H and O–H groups in total. The molecular formula is C35H38N4O5. The van der Waals surface area contributed by atoms with E-state index in [1.54, 1.807) is 0 Å². The fourth-order valence-electron chi connectivity index (χ4n) is 7.33. The number of aromatic amines is 2. The van der Waals surface area contributed by atoms with Crippen molar-refractivity contribution in [1.29, 1.82) is 0 Å². The van der Waals surface area contributed by atoms with Gasteiger partial charge in [-0.05, 0) is 74.1 Å². The molecule has 4 atom stereocenters. The van der Waals surface area contributed by atoms with Crippen LogP contribution in [-0.2, 0) is 25.5 Å². The van der Waals surface area contributed by atoms with E-state index in [-0.39, 0.29) is 30.1 Å². The number of aromatic nitrogens is 2. The van der Waals surface area contributed by atoms with Gasteiger partial charge >= 0.3 is 11.9 Å². The van der Waals surface area contributed by atoms with E-state index in [4.69, 9.17) is 9.73 Å². The summed E-state index contributed by atoms with van der Waals surface area (Å²) < 4.78 is 5.14. The number of carboxylic acids is 1. The second kappa shape index (κ2) is 10.8. The number of Topliss-reactive ketones (excluding diaryl/α,β-unsaturated/α-hetero) is 1. The molecule has 44 heavy (non-hydrogen) atoms. The molecule has 6 rings (SSSR count). The van der Waals surface area contributed by atoms with Gasteiger partial charge in [-0.15, -0.1) is 0 Å². The van der Waals surface area contributed by atoms with E-state index in [0.29, 0.717) is 29.0 Å². The standard InChI is InChI=1S/C35H38N4O5/c1-8-19-15(3)22-12-24-17(5)21(10-11-28(40)41)32(38-24)30-31(35(43)44-7)34(42)29-18(6)25(39-33(29)30)14-27-20(9-2)16(4)23(37-27)13-26(19)36-22/h8,12-14,17,21,25,31,36-37,39H,1,9-11H2,2-7H3,(H,40,41)/t17-,21-,25?,31+/m0/s1. The number of nitrogens with zero attached hydrogens (tertiary/aromatic N) is 1. The van der Waals surface area contributed by atoms with Gasteiger partial charge in [-0.2, -0.15) is 0 Å². The minimum Gasteiger partial charge on any atom is -0.481 e. The number of methoxy groups -OCH3 is 1. The Bertz CT molecular complexity index is 1910. The molecule has 2 aromatic rings. The van der Waals surface area contributed by atoms with Crippen LogP contribution in [0.3, 0.4) is 0 Å². The SMILES string of the molecule is C=Cc1c2[nH]c(c1C)C=C1N=C(C3=C4NC(C=c5[nH]c(c(C)c5CC)=C2)C(C)=C4C(=O)[C@@H]3C(=O)OC)[C@@H](CCC(=O)O)[C@@H]1C. The molecule has 1 aliphatic carbocycles. The minimum atomic E-state index is -1.17. The van der Waals surface area contributed by atoms with Gasteiger partial charge in [0.05, 0.1) is 24.6 Å². The van der Waals surface area contributed by atoms with E-state index < -0.39 is 17.9 Å². The summed E-state index contributed by atoms with van der Waals surface area (Å²) in [6.07, 6.45) is 9.12. The van der Waals surface area contributed by atoms with E-state index in [1.165, 1.54) is 12.7 Å². The van der Waals surface area contributed by atoms with Crippen LogP contribution in [0.15, 0.2) is 39.7 Å². The Morgan fingerprint density at radius 2 is 1.86 bits per heavy atom. The van der Waals surface area contributed by atoms with E-state index in [2.05, 4.69) is 47.9 Å². The maximum Gasteiger partial charge on any atom is 0.321 e. The normalized spacial score (nSPS) is 23.6. The summed E-state index contributed by atoms with van der Waals surface area (Å²) in [5, 5.41) is 15.1. The minimum absolute atomic E-state index is 0.0678. The Morgan fingerprint density at radius 1 is 1.11 bits per heavy atom. The first kappa shape index (κ1) is 29.4. The van der Waals surface area contributed by atoms with Crippen molar-refractivity contribution >= 4 is 47.7 Å². The van der Waals surface area contributed by atoms with Gasteiger partial charge in [0.25, 0.3) is 0 Å². The summed E-state index contributed by atoms with van der Waals surface area (Å²) in [5.74, 6) is -3.53. The molecule has 5 heterocycles. The van der Waals surface area contributed by atoms with Crippen molar-refractivity contribution in [3.63, 3.8) is 0 Å². The number of esters is 1. The molecule has 3 aliphatic heterocycles. The first-order valence-electron chi connectivity index (χ1n) is 15.1. The number of carbonyl (C=O) groups excluding carboxylic acids is 2. The Kier molecular flexibility index (Phi) is 7.22. The molecule has 4 aliphatic rings. The highest BCUT2D eigenvalue weighted by Crippen LogP contribution is 2.46. The highest BCUT2D eigenvalue weighted by molar-refractivity contribution is 6.26. The van der Waals surface area contributed by atoms with Crippen molar-refractivity contribution < 1.29 is 24.2 Å². The van der Waals surface area contributed by atoms with Crippen LogP contribution in [0.5, 0.6) is 0 Å². The number of ether oxygens (including phenoxy) is 1. The monoisotopic (exact) mass is 594 g/mol. The number of H-pyrrole nitrogens is 2. The van der Waals surface area contributed by atoms with Crippen LogP contribution in [0.25, 0.3) is 24.3 Å². The number of carboxylic acid groups (broad SMARTS) is 1. The van der Waals surface area contributed by atoms with Crippen LogP contribution in [0, 0.1) is 31.6 Å². The average Bonchev–Trinajstić information content (AvgIpc) is 3.72. The zero-order valence-electron chi connectivity index (χ0n) is 26.0. The molecule has 8 bridgehead atoms. The van der Waals surface area contributed by atoms with Gasteiger partial charge in [-0.1, -0.05) is 26.5 Å². The molecule has 0 saturated carbocycles. The number of allylic oxidation sites excluding steroid dienone is 2. The van der Waals surface area contributed by atoms with E-state index >= 15 is 0 Å². The largest absolute Gasteiger partial charge is 0.481 e. The van der Waals surface area contributed by atoms with Crippen molar-refractivity contribution in [2.75, 3.05) is 7.11 Å². The van der Waals surface area contributed by atoms with Crippen molar-refractivity contribution in [3.8, 4) is 0 Å². The predicted octanol–water partition coefficient (Wildman–Crippen LogP) is 3.61. The zero-order valence-corrected chi connectivity index (χ0v) is 26.0. The van der Waals surface area contributed by atoms with Crippen LogP contribution in [0.2, 0.25) is 0 Å². The van der Waals surface area contributed by atoms with Crippen LogP contribution in [0.1, 0.15) is 67.3 Å². The molecule has 1 unspecified atom stereocenters. The first-order chi connectivity index (χ1) is 21.0. The molecule has 9 nitrogen and oxygen atoms in total. The fourth-order valence-corrected chi connectivity index (χ4v) is 7.33. The van der Waals surface area contributed by atoms with Gasteiger partial charge in [0.1, 0.15) is 5.92 Å². The maximum absolute atomic E-state index is 14.0. The van der Waals surface area contributed by atoms with Crippen LogP contribution in [0.4, 0.5) is 0 Å².